The molecule has 1 heterocycles. The third-order valence-corrected chi connectivity index (χ3v) is 4.96. The molecule has 1 saturated heterocycles. The molecule has 0 spiro atoms. The first-order valence-electron chi connectivity index (χ1n) is 5.49. The van der Waals surface area contributed by atoms with Crippen molar-refractivity contribution in [2.24, 2.45) is 0 Å². The second-order valence-corrected chi connectivity index (χ2v) is 6.26. The van der Waals surface area contributed by atoms with Crippen LogP contribution in [0.25, 0.3) is 0 Å². The monoisotopic (exact) mass is 274 g/mol. The van der Waals surface area contributed by atoms with Crippen LogP contribution in [0.15, 0.2) is 23.1 Å². The van der Waals surface area contributed by atoms with Gasteiger partial charge in [0.05, 0.1) is 4.90 Å². The summed E-state index contributed by atoms with van der Waals surface area (Å²) in [5, 5.41) is 3.59. The van der Waals surface area contributed by atoms with Gasteiger partial charge in [-0.15, -0.1) is 0 Å². The van der Waals surface area contributed by atoms with E-state index in [2.05, 4.69) is 10.0 Å². The molecular formula is C11H15ClN2O2S. The summed E-state index contributed by atoms with van der Waals surface area (Å²) >= 11 is 5.93. The molecule has 0 radical (unpaired) electrons. The Morgan fingerprint density at radius 3 is 2.88 bits per heavy atom. The molecular weight excluding hydrogens is 260 g/mol. The maximum absolute atomic E-state index is 12.2. The lowest BCUT2D eigenvalue weighted by Gasteiger charge is -2.14. The molecule has 0 amide bonds. The van der Waals surface area contributed by atoms with Crippen LogP contribution in [0.1, 0.15) is 12.0 Å². The van der Waals surface area contributed by atoms with Crippen LogP contribution in [0.2, 0.25) is 5.02 Å². The van der Waals surface area contributed by atoms with Crippen molar-refractivity contribution >= 4 is 21.6 Å². The van der Waals surface area contributed by atoms with Crippen LogP contribution in [-0.2, 0) is 10.0 Å². The van der Waals surface area contributed by atoms with E-state index in [1.807, 2.05) is 0 Å². The third-order valence-electron chi connectivity index (χ3n) is 2.89. The first-order chi connectivity index (χ1) is 8.00. The topological polar surface area (TPSA) is 58.2 Å². The summed E-state index contributed by atoms with van der Waals surface area (Å²) in [4.78, 5) is 0.261. The van der Waals surface area contributed by atoms with Crippen molar-refractivity contribution in [3.63, 3.8) is 0 Å². The normalized spacial score (nSPS) is 20.7. The molecule has 4 nitrogen and oxygen atoms in total. The van der Waals surface area contributed by atoms with Gasteiger partial charge in [-0.3, -0.25) is 0 Å². The average Bonchev–Trinajstić information content (AvgIpc) is 2.73. The number of nitrogens with one attached hydrogen (secondary N) is 2. The first-order valence-corrected chi connectivity index (χ1v) is 7.35. The molecule has 17 heavy (non-hydrogen) atoms. The van der Waals surface area contributed by atoms with E-state index in [1.165, 1.54) is 0 Å². The molecule has 0 bridgehead atoms. The van der Waals surface area contributed by atoms with E-state index in [0.29, 0.717) is 17.1 Å². The molecule has 2 rings (SSSR count). The van der Waals surface area contributed by atoms with Gasteiger partial charge in [-0.1, -0.05) is 17.7 Å². The zero-order valence-electron chi connectivity index (χ0n) is 9.53. The second-order valence-electron chi connectivity index (χ2n) is 4.17. The van der Waals surface area contributed by atoms with Crippen molar-refractivity contribution in [1.29, 1.82) is 0 Å². The second kappa shape index (κ2) is 4.94. The quantitative estimate of drug-likeness (QED) is 0.873. The largest absolute Gasteiger partial charge is 0.315 e. The molecule has 0 unspecified atom stereocenters. The van der Waals surface area contributed by atoms with Gasteiger partial charge < -0.3 is 5.32 Å². The Bertz CT molecular complexity index is 510. The third kappa shape index (κ3) is 2.80. The van der Waals surface area contributed by atoms with E-state index < -0.39 is 10.0 Å². The van der Waals surface area contributed by atoms with Crippen molar-refractivity contribution in [2.45, 2.75) is 24.3 Å². The van der Waals surface area contributed by atoms with Crippen molar-refractivity contribution < 1.29 is 8.42 Å². The van der Waals surface area contributed by atoms with Gasteiger partial charge in [0.25, 0.3) is 0 Å². The standard InChI is InChI=1S/C11H15ClN2O2S/c1-8-10(12)3-2-4-11(8)17(15,16)14-9-5-6-13-7-9/h2-4,9,13-14H,5-7H2,1H3/t9-/m0/s1. The highest BCUT2D eigenvalue weighted by Gasteiger charge is 2.24. The van der Waals surface area contributed by atoms with E-state index >= 15 is 0 Å². The van der Waals surface area contributed by atoms with Crippen molar-refractivity contribution in [3.8, 4) is 0 Å². The van der Waals surface area contributed by atoms with Gasteiger partial charge in [-0.05, 0) is 37.6 Å². The molecule has 1 fully saturated rings. The van der Waals surface area contributed by atoms with Crippen molar-refractivity contribution in [2.75, 3.05) is 13.1 Å². The minimum Gasteiger partial charge on any atom is -0.315 e. The first kappa shape index (κ1) is 12.8. The minimum atomic E-state index is -3.47. The molecule has 94 valence electrons. The predicted molar refractivity (Wildman–Crippen MR) is 67.8 cm³/mol. The molecule has 1 aromatic carbocycles. The Hall–Kier alpha value is -0.620. The van der Waals surface area contributed by atoms with Crippen LogP contribution in [-0.4, -0.2) is 27.5 Å². The zero-order valence-corrected chi connectivity index (χ0v) is 11.1. The van der Waals surface area contributed by atoms with Gasteiger partial charge in [0, 0.05) is 17.6 Å². The summed E-state index contributed by atoms with van der Waals surface area (Å²) in [7, 11) is -3.47. The van der Waals surface area contributed by atoms with Crippen LogP contribution < -0.4 is 10.0 Å². The maximum atomic E-state index is 12.2. The van der Waals surface area contributed by atoms with Crippen LogP contribution in [0, 0.1) is 6.92 Å². The fourth-order valence-corrected chi connectivity index (χ4v) is 3.69. The van der Waals surface area contributed by atoms with E-state index in [9.17, 15) is 8.42 Å². The molecule has 0 aromatic heterocycles. The lowest BCUT2D eigenvalue weighted by atomic mass is 10.2. The maximum Gasteiger partial charge on any atom is 0.241 e. The zero-order chi connectivity index (χ0) is 12.5. The number of hydrogen-bond donors (Lipinski definition) is 2. The minimum absolute atomic E-state index is 0.0293. The predicted octanol–water partition coefficient (Wildman–Crippen LogP) is 1.29. The van der Waals surface area contributed by atoms with E-state index in [1.54, 1.807) is 25.1 Å². The highest BCUT2D eigenvalue weighted by Crippen LogP contribution is 2.23. The Balaban J connectivity index is 2.28. The summed E-state index contributed by atoms with van der Waals surface area (Å²) in [5.74, 6) is 0. The van der Waals surface area contributed by atoms with E-state index in [-0.39, 0.29) is 10.9 Å². The van der Waals surface area contributed by atoms with Crippen molar-refractivity contribution in [3.05, 3.63) is 28.8 Å². The highest BCUT2D eigenvalue weighted by molar-refractivity contribution is 7.89. The molecule has 1 aliphatic heterocycles. The molecule has 2 N–H and O–H groups in total. The number of rotatable bonds is 3. The summed E-state index contributed by atoms with van der Waals surface area (Å²) < 4.78 is 27.0. The average molecular weight is 275 g/mol. The molecule has 1 aromatic rings. The Morgan fingerprint density at radius 1 is 1.47 bits per heavy atom. The van der Waals surface area contributed by atoms with Crippen LogP contribution in [0.3, 0.4) is 0 Å². The van der Waals surface area contributed by atoms with Gasteiger partial charge in [-0.2, -0.15) is 0 Å². The molecule has 1 atom stereocenters. The number of benzene rings is 1. The highest BCUT2D eigenvalue weighted by atomic mass is 35.5. The molecule has 6 heteroatoms. The Morgan fingerprint density at radius 2 is 2.24 bits per heavy atom. The van der Waals surface area contributed by atoms with Crippen LogP contribution in [0.5, 0.6) is 0 Å². The fraction of sp³-hybridized carbons (Fsp3) is 0.455. The van der Waals surface area contributed by atoms with Crippen LogP contribution >= 0.6 is 11.6 Å². The van der Waals surface area contributed by atoms with Crippen molar-refractivity contribution in [1.82, 2.24) is 10.0 Å². The molecule has 0 aliphatic carbocycles. The van der Waals surface area contributed by atoms with E-state index in [4.69, 9.17) is 11.6 Å². The Kier molecular flexibility index (Phi) is 3.73. The molecule has 1 aliphatic rings. The summed E-state index contributed by atoms with van der Waals surface area (Å²) in [6, 6.07) is 4.88. The number of halogens is 1. The van der Waals surface area contributed by atoms with Gasteiger partial charge in [0.15, 0.2) is 0 Å². The van der Waals surface area contributed by atoms with Gasteiger partial charge in [0.1, 0.15) is 0 Å². The number of hydrogen-bond acceptors (Lipinski definition) is 3. The smallest absolute Gasteiger partial charge is 0.241 e. The van der Waals surface area contributed by atoms with Gasteiger partial charge in [0.2, 0.25) is 10.0 Å². The fourth-order valence-electron chi connectivity index (χ4n) is 1.92. The Labute approximate surface area is 106 Å². The van der Waals surface area contributed by atoms with E-state index in [0.717, 1.165) is 13.0 Å². The summed E-state index contributed by atoms with van der Waals surface area (Å²) in [6.45, 7) is 3.24. The summed E-state index contributed by atoms with van der Waals surface area (Å²) in [6.07, 6.45) is 0.818. The molecule has 0 saturated carbocycles. The van der Waals surface area contributed by atoms with Gasteiger partial charge >= 0.3 is 0 Å². The SMILES string of the molecule is Cc1c(Cl)cccc1S(=O)(=O)N[C@H]1CCNC1. The summed E-state index contributed by atoms with van der Waals surface area (Å²) in [5.41, 5.74) is 0.590. The lowest BCUT2D eigenvalue weighted by molar-refractivity contribution is 0.559. The van der Waals surface area contributed by atoms with Crippen LogP contribution in [0.4, 0.5) is 0 Å². The number of sulfonamides is 1. The lowest BCUT2D eigenvalue weighted by Crippen LogP contribution is -2.36. The van der Waals surface area contributed by atoms with Gasteiger partial charge in [-0.25, -0.2) is 13.1 Å².